The second-order valence-electron chi connectivity index (χ2n) is 6.15. The summed E-state index contributed by atoms with van der Waals surface area (Å²) in [6, 6.07) is 19.7. The lowest BCUT2D eigenvalue weighted by atomic mass is 10.1. The summed E-state index contributed by atoms with van der Waals surface area (Å²) in [4.78, 5) is 11.9. The summed E-state index contributed by atoms with van der Waals surface area (Å²) in [7, 11) is 0. The van der Waals surface area contributed by atoms with Crippen molar-refractivity contribution in [2.45, 2.75) is 13.2 Å². The molecule has 3 aromatic carbocycles. The highest BCUT2D eigenvalue weighted by atomic mass is 19.3. The van der Waals surface area contributed by atoms with Crippen LogP contribution in [0.5, 0.6) is 5.75 Å². The van der Waals surface area contributed by atoms with Gasteiger partial charge in [0, 0.05) is 27.4 Å². The maximum atomic E-state index is 12.7. The van der Waals surface area contributed by atoms with Crippen molar-refractivity contribution in [3.05, 3.63) is 77.9 Å². The minimum Gasteiger partial charge on any atom is -0.434 e. The molecular weight excluding hydrogens is 350 g/mol. The van der Waals surface area contributed by atoms with E-state index in [4.69, 9.17) is 5.73 Å². The van der Waals surface area contributed by atoms with Crippen LogP contribution in [0.25, 0.3) is 21.8 Å². The van der Waals surface area contributed by atoms with Crippen LogP contribution in [0.1, 0.15) is 15.9 Å². The number of fused-ring (bicyclic) bond motifs is 3. The molecule has 0 aliphatic rings. The highest BCUT2D eigenvalue weighted by Gasteiger charge is 2.17. The quantitative estimate of drug-likeness (QED) is 0.564. The number of halogens is 2. The van der Waals surface area contributed by atoms with Crippen LogP contribution >= 0.6 is 0 Å². The van der Waals surface area contributed by atoms with Gasteiger partial charge in [-0.05, 0) is 24.3 Å². The number of amides is 1. The third-order valence-corrected chi connectivity index (χ3v) is 4.58. The van der Waals surface area contributed by atoms with E-state index in [1.165, 1.54) is 6.07 Å². The molecule has 0 fully saturated rings. The molecule has 6 heteroatoms. The highest BCUT2D eigenvalue weighted by molar-refractivity contribution is 6.17. The Labute approximate surface area is 153 Å². The number of rotatable bonds is 5. The van der Waals surface area contributed by atoms with Gasteiger partial charge in [0.05, 0.1) is 12.1 Å². The average Bonchev–Trinajstić information content (AvgIpc) is 2.97. The third-order valence-electron chi connectivity index (χ3n) is 4.58. The van der Waals surface area contributed by atoms with Crippen molar-refractivity contribution in [3.63, 3.8) is 0 Å². The number of aromatic nitrogens is 1. The molecule has 1 amide bonds. The van der Waals surface area contributed by atoms with Crippen LogP contribution < -0.4 is 10.5 Å². The molecule has 0 spiro atoms. The summed E-state index contributed by atoms with van der Waals surface area (Å²) in [5.41, 5.74) is 8.29. The number of alkyl halides is 2. The van der Waals surface area contributed by atoms with Gasteiger partial charge in [0.15, 0.2) is 0 Å². The summed E-state index contributed by atoms with van der Waals surface area (Å²) in [5.74, 6) is -0.380. The Balaban J connectivity index is 1.95. The van der Waals surface area contributed by atoms with E-state index in [0.717, 1.165) is 21.8 Å². The number of primary amides is 1. The van der Waals surface area contributed by atoms with E-state index >= 15 is 0 Å². The molecule has 0 radical (unpaired) electrons. The highest BCUT2D eigenvalue weighted by Crippen LogP contribution is 2.33. The van der Waals surface area contributed by atoms with Crippen LogP contribution in [0.15, 0.2) is 66.7 Å². The number of benzene rings is 3. The van der Waals surface area contributed by atoms with Crippen LogP contribution in [0, 0.1) is 0 Å². The van der Waals surface area contributed by atoms with Gasteiger partial charge < -0.3 is 15.0 Å². The second kappa shape index (κ2) is 6.72. The topological polar surface area (TPSA) is 57.2 Å². The fourth-order valence-electron chi connectivity index (χ4n) is 3.49. The summed E-state index contributed by atoms with van der Waals surface area (Å²) in [5, 5.41) is 1.64. The van der Waals surface area contributed by atoms with E-state index in [1.54, 1.807) is 30.3 Å². The van der Waals surface area contributed by atoms with Crippen molar-refractivity contribution >= 4 is 27.7 Å². The van der Waals surface area contributed by atoms with Crippen LogP contribution in [0.3, 0.4) is 0 Å². The first-order valence-electron chi connectivity index (χ1n) is 8.38. The molecule has 1 aromatic heterocycles. The number of hydrogen-bond acceptors (Lipinski definition) is 2. The van der Waals surface area contributed by atoms with Crippen LogP contribution in [0.4, 0.5) is 8.78 Å². The van der Waals surface area contributed by atoms with Crippen molar-refractivity contribution in [1.82, 2.24) is 4.57 Å². The first-order chi connectivity index (χ1) is 13.1. The number of para-hydroxylation sites is 2. The maximum absolute atomic E-state index is 12.7. The molecule has 0 unspecified atom stereocenters. The average molecular weight is 366 g/mol. The minimum absolute atomic E-state index is 0.129. The van der Waals surface area contributed by atoms with Gasteiger partial charge in [-0.1, -0.05) is 42.5 Å². The third kappa shape index (κ3) is 2.99. The molecule has 2 N–H and O–H groups in total. The Kier molecular flexibility index (Phi) is 4.24. The zero-order valence-corrected chi connectivity index (χ0v) is 14.2. The van der Waals surface area contributed by atoms with Crippen molar-refractivity contribution in [3.8, 4) is 5.75 Å². The van der Waals surface area contributed by atoms with E-state index in [9.17, 15) is 13.6 Å². The standard InChI is InChI=1S/C21H16F2N2O2/c22-21(23)27-18-11-4-1-6-13(18)12-25-16-9-3-2-7-14(16)19-15(20(24)26)8-5-10-17(19)25/h1-11,21H,12H2,(H2,24,26). The van der Waals surface area contributed by atoms with Crippen molar-refractivity contribution in [2.24, 2.45) is 5.73 Å². The lowest BCUT2D eigenvalue weighted by molar-refractivity contribution is -0.0504. The minimum atomic E-state index is -2.90. The second-order valence-corrected chi connectivity index (χ2v) is 6.15. The van der Waals surface area contributed by atoms with E-state index < -0.39 is 12.5 Å². The van der Waals surface area contributed by atoms with E-state index in [1.807, 2.05) is 34.9 Å². The number of hydrogen-bond donors (Lipinski definition) is 1. The normalized spacial score (nSPS) is 11.4. The Hall–Kier alpha value is -3.41. The van der Waals surface area contributed by atoms with Crippen LogP contribution in [-0.4, -0.2) is 17.1 Å². The predicted molar refractivity (Wildman–Crippen MR) is 100 cm³/mol. The predicted octanol–water partition coefficient (Wildman–Crippen LogP) is 4.54. The van der Waals surface area contributed by atoms with Gasteiger partial charge in [-0.3, -0.25) is 4.79 Å². The van der Waals surface area contributed by atoms with Gasteiger partial charge in [0.1, 0.15) is 5.75 Å². The number of nitrogens with zero attached hydrogens (tertiary/aromatic N) is 1. The molecule has 4 nitrogen and oxygen atoms in total. The summed E-state index contributed by atoms with van der Waals surface area (Å²) >= 11 is 0. The maximum Gasteiger partial charge on any atom is 0.387 e. The number of ether oxygens (including phenoxy) is 1. The molecule has 4 rings (SSSR count). The molecular formula is C21H16F2N2O2. The summed E-state index contributed by atoms with van der Waals surface area (Å²) < 4.78 is 32.1. The fourth-order valence-corrected chi connectivity index (χ4v) is 3.49. The molecule has 0 saturated carbocycles. The largest absolute Gasteiger partial charge is 0.434 e. The number of nitrogens with two attached hydrogens (primary N) is 1. The first kappa shape index (κ1) is 17.0. The van der Waals surface area contributed by atoms with Gasteiger partial charge in [-0.25, -0.2) is 0 Å². The Morgan fingerprint density at radius 1 is 0.963 bits per heavy atom. The molecule has 0 saturated heterocycles. The van der Waals surface area contributed by atoms with Gasteiger partial charge in [0.25, 0.3) is 0 Å². The molecule has 136 valence electrons. The number of carbonyl (C=O) groups excluding carboxylic acids is 1. The molecule has 0 aliphatic heterocycles. The molecule has 4 aromatic rings. The Morgan fingerprint density at radius 3 is 2.44 bits per heavy atom. The molecule has 0 atom stereocenters. The van der Waals surface area contributed by atoms with Crippen molar-refractivity contribution in [2.75, 3.05) is 0 Å². The Bertz CT molecular complexity index is 1150. The van der Waals surface area contributed by atoms with Gasteiger partial charge in [-0.15, -0.1) is 0 Å². The van der Waals surface area contributed by atoms with Gasteiger partial charge in [-0.2, -0.15) is 8.78 Å². The van der Waals surface area contributed by atoms with E-state index in [2.05, 4.69) is 4.74 Å². The lowest BCUT2D eigenvalue weighted by Crippen LogP contribution is -2.11. The zero-order valence-electron chi connectivity index (χ0n) is 14.2. The first-order valence-corrected chi connectivity index (χ1v) is 8.38. The van der Waals surface area contributed by atoms with E-state index in [0.29, 0.717) is 17.7 Å². The molecule has 1 heterocycles. The molecule has 27 heavy (non-hydrogen) atoms. The van der Waals surface area contributed by atoms with E-state index in [-0.39, 0.29) is 5.75 Å². The van der Waals surface area contributed by atoms with Crippen LogP contribution in [0.2, 0.25) is 0 Å². The SMILES string of the molecule is NC(=O)c1cccc2c1c1ccccc1n2Cc1ccccc1OC(F)F. The fraction of sp³-hybridized carbons (Fsp3) is 0.0952. The van der Waals surface area contributed by atoms with Gasteiger partial charge >= 0.3 is 6.61 Å². The van der Waals surface area contributed by atoms with Crippen LogP contribution in [-0.2, 0) is 6.54 Å². The number of carbonyl (C=O) groups is 1. The summed E-state index contributed by atoms with van der Waals surface area (Å²) in [6.45, 7) is -2.58. The van der Waals surface area contributed by atoms with Crippen molar-refractivity contribution < 1.29 is 18.3 Å². The van der Waals surface area contributed by atoms with Crippen molar-refractivity contribution in [1.29, 1.82) is 0 Å². The molecule has 0 bridgehead atoms. The lowest BCUT2D eigenvalue weighted by Gasteiger charge is -2.13. The van der Waals surface area contributed by atoms with Gasteiger partial charge in [0.2, 0.25) is 5.91 Å². The Morgan fingerprint density at radius 2 is 1.67 bits per heavy atom. The summed E-state index contributed by atoms with van der Waals surface area (Å²) in [6.07, 6.45) is 0. The monoisotopic (exact) mass is 366 g/mol. The zero-order chi connectivity index (χ0) is 19.0. The smallest absolute Gasteiger partial charge is 0.387 e. The molecule has 0 aliphatic carbocycles.